The first-order valence-electron chi connectivity index (χ1n) is 6.39. The van der Waals surface area contributed by atoms with Crippen LogP contribution in [0, 0.1) is 11.5 Å². The summed E-state index contributed by atoms with van der Waals surface area (Å²) in [6.07, 6.45) is 1.73. The van der Waals surface area contributed by atoms with Crippen molar-refractivity contribution in [2.45, 2.75) is 71.3 Å². The number of rotatable bonds is 2. The van der Waals surface area contributed by atoms with Gasteiger partial charge in [0.1, 0.15) is 8.07 Å². The molecular weight excluding hydrogens is 227 g/mol. The van der Waals surface area contributed by atoms with Gasteiger partial charge in [0.05, 0.1) is 11.2 Å². The molecule has 1 heterocycles. The molecule has 0 bridgehead atoms. The summed E-state index contributed by atoms with van der Waals surface area (Å²) in [5.74, 6) is 3.26. The first-order chi connectivity index (χ1) is 7.54. The van der Waals surface area contributed by atoms with Gasteiger partial charge >= 0.3 is 7.12 Å². The van der Waals surface area contributed by atoms with Crippen molar-refractivity contribution in [3.05, 3.63) is 0 Å². The molecule has 0 unspecified atom stereocenters. The molecule has 0 N–H and O–H groups in total. The summed E-state index contributed by atoms with van der Waals surface area (Å²) < 4.78 is 11.8. The van der Waals surface area contributed by atoms with Gasteiger partial charge in [0.25, 0.3) is 0 Å². The lowest BCUT2D eigenvalue weighted by atomic mass is 9.83. The molecule has 0 spiro atoms. The van der Waals surface area contributed by atoms with Crippen LogP contribution in [-0.4, -0.2) is 26.4 Å². The van der Waals surface area contributed by atoms with Crippen LogP contribution < -0.4 is 0 Å². The van der Waals surface area contributed by atoms with Crippen LogP contribution in [0.15, 0.2) is 0 Å². The van der Waals surface area contributed by atoms with Gasteiger partial charge in [-0.05, 0) is 34.0 Å². The first kappa shape index (κ1) is 14.8. The molecule has 0 amide bonds. The average Bonchev–Trinajstić information content (AvgIpc) is 2.28. The van der Waals surface area contributed by atoms with E-state index in [1.54, 1.807) is 0 Å². The highest BCUT2D eigenvalue weighted by molar-refractivity contribution is 6.83. The molecule has 1 saturated heterocycles. The summed E-state index contributed by atoms with van der Waals surface area (Å²) >= 11 is 0. The Bertz CT molecular complexity index is 318. The maximum atomic E-state index is 5.92. The van der Waals surface area contributed by atoms with Gasteiger partial charge in [-0.2, -0.15) is 0 Å². The van der Waals surface area contributed by atoms with Crippen LogP contribution in [0.5, 0.6) is 0 Å². The topological polar surface area (TPSA) is 18.5 Å². The Morgan fingerprint density at radius 3 is 1.88 bits per heavy atom. The third-order valence-corrected chi connectivity index (χ3v) is 4.20. The monoisotopic (exact) mass is 252 g/mol. The zero-order chi connectivity index (χ0) is 13.3. The van der Waals surface area contributed by atoms with Crippen LogP contribution >= 0.6 is 0 Å². The quantitative estimate of drug-likeness (QED) is 0.554. The van der Waals surface area contributed by atoms with E-state index in [1.807, 2.05) is 0 Å². The summed E-state index contributed by atoms with van der Waals surface area (Å²) in [6.45, 7) is 15.1. The normalized spacial score (nSPS) is 22.2. The van der Waals surface area contributed by atoms with Gasteiger partial charge in [-0.3, -0.25) is 0 Å². The number of hydrogen-bond donors (Lipinski definition) is 0. The first-order valence-corrected chi connectivity index (χ1v) is 9.89. The lowest BCUT2D eigenvalue weighted by Crippen LogP contribution is -2.41. The van der Waals surface area contributed by atoms with Crippen molar-refractivity contribution < 1.29 is 9.31 Å². The summed E-state index contributed by atoms with van der Waals surface area (Å²) in [5, 5.41) is 0. The van der Waals surface area contributed by atoms with E-state index in [1.165, 1.54) is 0 Å². The van der Waals surface area contributed by atoms with Gasteiger partial charge in [0.15, 0.2) is 0 Å². The van der Waals surface area contributed by atoms with E-state index >= 15 is 0 Å². The fraction of sp³-hybridized carbons (Fsp3) is 0.846. The molecule has 1 aliphatic heterocycles. The third kappa shape index (κ3) is 4.17. The zero-order valence-corrected chi connectivity index (χ0v) is 13.3. The summed E-state index contributed by atoms with van der Waals surface area (Å²) in [5.41, 5.74) is 2.93. The second-order valence-corrected chi connectivity index (χ2v) is 11.5. The van der Waals surface area contributed by atoms with Gasteiger partial charge in [-0.25, -0.2) is 0 Å². The van der Waals surface area contributed by atoms with Crippen LogP contribution in [0.3, 0.4) is 0 Å². The molecule has 1 rings (SSSR count). The van der Waals surface area contributed by atoms with Gasteiger partial charge in [0.2, 0.25) is 0 Å². The van der Waals surface area contributed by atoms with Crippen LogP contribution in [0.25, 0.3) is 0 Å². The van der Waals surface area contributed by atoms with E-state index in [9.17, 15) is 0 Å². The molecule has 0 aliphatic carbocycles. The van der Waals surface area contributed by atoms with Gasteiger partial charge in [0, 0.05) is 6.42 Å². The standard InChI is InChI=1S/C13H25BO2Si/c1-12(2)13(3,4)16-14(15-12)10-8-9-11-17(5,6)7/h8,10H2,1-7H3. The van der Waals surface area contributed by atoms with Crippen LogP contribution in [0.2, 0.25) is 26.0 Å². The maximum Gasteiger partial charge on any atom is 0.458 e. The Hall–Kier alpha value is -0.238. The Kier molecular flexibility index (Phi) is 4.18. The van der Waals surface area contributed by atoms with Crippen molar-refractivity contribution in [2.24, 2.45) is 0 Å². The average molecular weight is 252 g/mol. The number of hydrogen-bond acceptors (Lipinski definition) is 2. The van der Waals surface area contributed by atoms with Gasteiger partial charge in [-0.1, -0.05) is 19.6 Å². The molecule has 0 atom stereocenters. The molecule has 1 aliphatic rings. The largest absolute Gasteiger partial charge is 0.458 e. The minimum atomic E-state index is -1.23. The maximum absolute atomic E-state index is 5.92. The molecule has 0 radical (unpaired) electrons. The van der Waals surface area contributed by atoms with Crippen molar-refractivity contribution >= 4 is 15.2 Å². The highest BCUT2D eigenvalue weighted by Crippen LogP contribution is 2.37. The molecule has 0 aromatic carbocycles. The van der Waals surface area contributed by atoms with Crippen molar-refractivity contribution in [2.75, 3.05) is 0 Å². The summed E-state index contributed by atoms with van der Waals surface area (Å²) in [7, 11) is -1.33. The molecule has 4 heteroatoms. The van der Waals surface area contributed by atoms with Crippen LogP contribution in [0.1, 0.15) is 34.1 Å². The Labute approximate surface area is 108 Å². The van der Waals surface area contributed by atoms with Crippen LogP contribution in [0.4, 0.5) is 0 Å². The van der Waals surface area contributed by atoms with Gasteiger partial charge < -0.3 is 9.31 Å². The van der Waals surface area contributed by atoms with Crippen molar-refractivity contribution in [3.63, 3.8) is 0 Å². The summed E-state index contributed by atoms with van der Waals surface area (Å²) in [4.78, 5) is 0. The highest BCUT2D eigenvalue weighted by atomic mass is 28.3. The highest BCUT2D eigenvalue weighted by Gasteiger charge is 2.50. The Morgan fingerprint density at radius 1 is 1.00 bits per heavy atom. The predicted molar refractivity (Wildman–Crippen MR) is 76.6 cm³/mol. The molecule has 0 saturated carbocycles. The summed E-state index contributed by atoms with van der Waals surface area (Å²) in [6, 6.07) is 0. The minimum absolute atomic E-state index is 0.101. The van der Waals surface area contributed by atoms with Crippen molar-refractivity contribution in [3.8, 4) is 11.5 Å². The van der Waals surface area contributed by atoms with E-state index in [0.29, 0.717) is 0 Å². The van der Waals surface area contributed by atoms with Crippen molar-refractivity contribution in [1.82, 2.24) is 0 Å². The minimum Gasteiger partial charge on any atom is -0.403 e. The van der Waals surface area contributed by atoms with Crippen molar-refractivity contribution in [1.29, 1.82) is 0 Å². The van der Waals surface area contributed by atoms with E-state index in [2.05, 4.69) is 58.8 Å². The molecule has 0 aromatic heterocycles. The molecule has 2 nitrogen and oxygen atoms in total. The molecule has 96 valence electrons. The van der Waals surface area contributed by atoms with E-state index in [4.69, 9.17) is 9.31 Å². The predicted octanol–water partition coefficient (Wildman–Crippen LogP) is 3.35. The fourth-order valence-corrected chi connectivity index (χ4v) is 2.26. The SMILES string of the molecule is CC1(C)OB(CCC#C[Si](C)(C)C)OC1(C)C. The lowest BCUT2D eigenvalue weighted by Gasteiger charge is -2.32. The second kappa shape index (κ2) is 4.80. The Morgan fingerprint density at radius 2 is 1.47 bits per heavy atom. The third-order valence-electron chi connectivity index (χ3n) is 3.27. The van der Waals surface area contributed by atoms with E-state index in [0.717, 1.165) is 12.7 Å². The molecule has 0 aromatic rings. The second-order valence-electron chi connectivity index (χ2n) is 6.78. The molecule has 1 fully saturated rings. The Balaban J connectivity index is 2.44. The lowest BCUT2D eigenvalue weighted by molar-refractivity contribution is 0.00578. The molecule has 17 heavy (non-hydrogen) atoms. The van der Waals surface area contributed by atoms with E-state index < -0.39 is 8.07 Å². The molecular formula is C13H25BO2Si. The van der Waals surface area contributed by atoms with E-state index in [-0.39, 0.29) is 18.3 Å². The zero-order valence-electron chi connectivity index (χ0n) is 12.3. The van der Waals surface area contributed by atoms with Gasteiger partial charge in [-0.15, -0.1) is 11.5 Å². The van der Waals surface area contributed by atoms with Crippen LogP contribution in [-0.2, 0) is 9.31 Å². The fourth-order valence-electron chi connectivity index (χ4n) is 1.60. The smallest absolute Gasteiger partial charge is 0.403 e.